The predicted molar refractivity (Wildman–Crippen MR) is 122 cm³/mol. The average molecular weight is 517 g/mol. The van der Waals surface area contributed by atoms with E-state index in [4.69, 9.17) is 9.15 Å². The second-order valence-electron chi connectivity index (χ2n) is 6.91. The highest BCUT2D eigenvalue weighted by atomic mass is 127. The summed E-state index contributed by atoms with van der Waals surface area (Å²) in [5.74, 6) is -0.00699. The highest BCUT2D eigenvalue weighted by Gasteiger charge is 2.14. The van der Waals surface area contributed by atoms with E-state index in [-0.39, 0.29) is 18.3 Å². The van der Waals surface area contributed by atoms with Gasteiger partial charge in [0.1, 0.15) is 5.76 Å². The minimum Gasteiger partial charge on any atom is -0.453 e. The third-order valence-corrected chi connectivity index (χ3v) is 5.06. The Bertz CT molecular complexity index is 1070. The van der Waals surface area contributed by atoms with Crippen molar-refractivity contribution < 1.29 is 23.5 Å². The van der Waals surface area contributed by atoms with Gasteiger partial charge in [0.05, 0.1) is 5.56 Å². The van der Waals surface area contributed by atoms with Crippen molar-refractivity contribution in [3.8, 4) is 11.3 Å². The number of aldehydes is 1. The Labute approximate surface area is 187 Å². The maximum atomic E-state index is 12.2. The number of rotatable bonds is 7. The topological polar surface area (TPSA) is 85.6 Å². The molecule has 1 amide bonds. The molecule has 0 fully saturated rings. The number of anilines is 1. The zero-order valence-electron chi connectivity index (χ0n) is 16.5. The van der Waals surface area contributed by atoms with Crippen LogP contribution in [0.1, 0.15) is 46.2 Å². The maximum Gasteiger partial charge on any atom is 0.338 e. The Morgan fingerprint density at radius 1 is 1.10 bits per heavy atom. The van der Waals surface area contributed by atoms with Crippen molar-refractivity contribution in [2.75, 3.05) is 11.9 Å². The highest BCUT2D eigenvalue weighted by molar-refractivity contribution is 14.1. The summed E-state index contributed by atoms with van der Waals surface area (Å²) in [6.07, 6.45) is 0.626. The molecule has 0 unspecified atom stereocenters. The number of esters is 1. The molecule has 6 nitrogen and oxygen atoms in total. The lowest BCUT2D eigenvalue weighted by Gasteiger charge is -2.14. The second kappa shape index (κ2) is 9.71. The largest absolute Gasteiger partial charge is 0.453 e. The average Bonchev–Trinajstić information content (AvgIpc) is 3.22. The van der Waals surface area contributed by atoms with Gasteiger partial charge in [-0.1, -0.05) is 26.0 Å². The predicted octanol–water partition coefficient (Wildman–Crippen LogP) is 5.28. The van der Waals surface area contributed by atoms with Gasteiger partial charge in [0, 0.05) is 14.8 Å². The van der Waals surface area contributed by atoms with Crippen LogP contribution in [0.15, 0.2) is 59.0 Å². The molecule has 7 heteroatoms. The standard InChI is InChI=1S/C23H20INO5/c1-14(2)19-11-17(24)7-9-20(19)25-22(27)13-29-23(28)16-5-3-15(4-6-16)21-10-8-18(12-26)30-21/h3-12,14H,13H2,1-2H3,(H,25,27). The Hall–Kier alpha value is -2.94. The van der Waals surface area contributed by atoms with Gasteiger partial charge in [0.15, 0.2) is 18.7 Å². The summed E-state index contributed by atoms with van der Waals surface area (Å²) in [5, 5.41) is 2.80. The number of furan rings is 1. The molecule has 0 saturated carbocycles. The summed E-state index contributed by atoms with van der Waals surface area (Å²) < 4.78 is 11.6. The van der Waals surface area contributed by atoms with Crippen molar-refractivity contribution in [3.05, 3.63) is 75.1 Å². The lowest BCUT2D eigenvalue weighted by Crippen LogP contribution is -2.21. The Kier molecular flexibility index (Phi) is 7.04. The van der Waals surface area contributed by atoms with Crippen LogP contribution in [0, 0.1) is 3.57 Å². The molecule has 1 N–H and O–H groups in total. The number of ether oxygens (including phenoxy) is 1. The third-order valence-electron chi connectivity index (χ3n) is 4.39. The van der Waals surface area contributed by atoms with Crippen LogP contribution < -0.4 is 5.32 Å². The van der Waals surface area contributed by atoms with Crippen LogP contribution in [0.3, 0.4) is 0 Å². The Morgan fingerprint density at radius 2 is 1.83 bits per heavy atom. The van der Waals surface area contributed by atoms with E-state index in [1.54, 1.807) is 36.4 Å². The van der Waals surface area contributed by atoms with E-state index in [0.717, 1.165) is 14.7 Å². The first-order valence-corrected chi connectivity index (χ1v) is 10.4. The summed E-state index contributed by atoms with van der Waals surface area (Å²) in [6, 6.07) is 15.6. The van der Waals surface area contributed by atoms with E-state index in [1.165, 1.54) is 0 Å². The van der Waals surface area contributed by atoms with Crippen LogP contribution in [0.4, 0.5) is 5.69 Å². The smallest absolute Gasteiger partial charge is 0.338 e. The number of hydrogen-bond acceptors (Lipinski definition) is 5. The third kappa shape index (κ3) is 5.35. The van der Waals surface area contributed by atoms with Gasteiger partial charge in [0.2, 0.25) is 0 Å². The number of carbonyl (C=O) groups is 3. The number of nitrogens with one attached hydrogen (secondary N) is 1. The first kappa shape index (κ1) is 21.8. The van der Waals surface area contributed by atoms with E-state index in [1.807, 2.05) is 32.0 Å². The Morgan fingerprint density at radius 3 is 2.47 bits per heavy atom. The van der Waals surface area contributed by atoms with Crippen molar-refractivity contribution in [1.82, 2.24) is 0 Å². The fourth-order valence-electron chi connectivity index (χ4n) is 2.87. The van der Waals surface area contributed by atoms with Gasteiger partial charge in [-0.3, -0.25) is 9.59 Å². The lowest BCUT2D eigenvalue weighted by molar-refractivity contribution is -0.119. The number of benzene rings is 2. The van der Waals surface area contributed by atoms with Gasteiger partial charge in [-0.2, -0.15) is 0 Å². The van der Waals surface area contributed by atoms with Gasteiger partial charge in [-0.05, 0) is 76.5 Å². The highest BCUT2D eigenvalue weighted by Crippen LogP contribution is 2.26. The fraction of sp³-hybridized carbons (Fsp3) is 0.174. The molecular formula is C23H20INO5. The summed E-state index contributed by atoms with van der Waals surface area (Å²) in [4.78, 5) is 35.2. The van der Waals surface area contributed by atoms with E-state index in [0.29, 0.717) is 23.3 Å². The van der Waals surface area contributed by atoms with E-state index in [9.17, 15) is 14.4 Å². The minimum atomic E-state index is -0.601. The Balaban J connectivity index is 1.59. The summed E-state index contributed by atoms with van der Waals surface area (Å²) in [5.41, 5.74) is 2.76. The monoisotopic (exact) mass is 517 g/mol. The van der Waals surface area contributed by atoms with Crippen molar-refractivity contribution in [1.29, 1.82) is 0 Å². The first-order valence-electron chi connectivity index (χ1n) is 9.29. The van der Waals surface area contributed by atoms with Crippen molar-refractivity contribution in [2.24, 2.45) is 0 Å². The van der Waals surface area contributed by atoms with E-state index >= 15 is 0 Å². The quantitative estimate of drug-likeness (QED) is 0.262. The van der Waals surface area contributed by atoms with Crippen LogP contribution in [-0.4, -0.2) is 24.8 Å². The molecule has 0 spiro atoms. The van der Waals surface area contributed by atoms with Crippen LogP contribution in [0.5, 0.6) is 0 Å². The van der Waals surface area contributed by atoms with Gasteiger partial charge < -0.3 is 14.5 Å². The van der Waals surface area contributed by atoms with Crippen LogP contribution in [-0.2, 0) is 9.53 Å². The van der Waals surface area contributed by atoms with Crippen molar-refractivity contribution in [2.45, 2.75) is 19.8 Å². The van der Waals surface area contributed by atoms with Crippen molar-refractivity contribution in [3.63, 3.8) is 0 Å². The summed E-state index contributed by atoms with van der Waals surface area (Å²) >= 11 is 2.23. The molecule has 0 bridgehead atoms. The van der Waals surface area contributed by atoms with Crippen LogP contribution >= 0.6 is 22.6 Å². The molecule has 3 aromatic rings. The molecule has 0 aliphatic carbocycles. The molecule has 154 valence electrons. The van der Waals surface area contributed by atoms with Crippen LogP contribution in [0.2, 0.25) is 0 Å². The molecular weight excluding hydrogens is 497 g/mol. The second-order valence-corrected chi connectivity index (χ2v) is 8.15. The zero-order chi connectivity index (χ0) is 21.7. The van der Waals surface area contributed by atoms with Crippen molar-refractivity contribution >= 4 is 46.4 Å². The first-order chi connectivity index (χ1) is 14.4. The number of amides is 1. The zero-order valence-corrected chi connectivity index (χ0v) is 18.6. The summed E-state index contributed by atoms with van der Waals surface area (Å²) in [7, 11) is 0. The molecule has 1 heterocycles. The molecule has 0 atom stereocenters. The van der Waals surface area contributed by atoms with Gasteiger partial charge in [-0.15, -0.1) is 0 Å². The van der Waals surface area contributed by atoms with Gasteiger partial charge >= 0.3 is 5.97 Å². The molecule has 2 aromatic carbocycles. The SMILES string of the molecule is CC(C)c1cc(I)ccc1NC(=O)COC(=O)c1ccc(-c2ccc(C=O)o2)cc1. The van der Waals surface area contributed by atoms with Gasteiger partial charge in [0.25, 0.3) is 5.91 Å². The lowest BCUT2D eigenvalue weighted by atomic mass is 10.0. The van der Waals surface area contributed by atoms with E-state index in [2.05, 4.69) is 27.9 Å². The normalized spacial score (nSPS) is 10.7. The minimum absolute atomic E-state index is 0.230. The number of carbonyl (C=O) groups excluding carboxylic acids is 3. The number of hydrogen-bond donors (Lipinski definition) is 1. The molecule has 0 radical (unpaired) electrons. The van der Waals surface area contributed by atoms with Crippen LogP contribution in [0.25, 0.3) is 11.3 Å². The number of halogens is 1. The molecule has 0 aliphatic heterocycles. The fourth-order valence-corrected chi connectivity index (χ4v) is 3.38. The summed E-state index contributed by atoms with van der Waals surface area (Å²) in [6.45, 7) is 3.71. The molecule has 30 heavy (non-hydrogen) atoms. The molecule has 0 saturated heterocycles. The van der Waals surface area contributed by atoms with E-state index < -0.39 is 11.9 Å². The van der Waals surface area contributed by atoms with Gasteiger partial charge in [-0.25, -0.2) is 4.79 Å². The molecule has 1 aromatic heterocycles. The molecule has 3 rings (SSSR count). The molecule has 0 aliphatic rings. The maximum absolute atomic E-state index is 12.2.